The second-order valence-corrected chi connectivity index (χ2v) is 3.61. The van der Waals surface area contributed by atoms with Crippen molar-refractivity contribution in [1.82, 2.24) is 15.1 Å². The predicted octanol–water partition coefficient (Wildman–Crippen LogP) is 1.96. The van der Waals surface area contributed by atoms with E-state index < -0.39 is 0 Å². The second kappa shape index (κ2) is 5.60. The van der Waals surface area contributed by atoms with Crippen LogP contribution in [0.4, 0.5) is 0 Å². The highest BCUT2D eigenvalue weighted by atomic mass is 15.3. The number of nitrogens with zero attached hydrogens (tertiary/aromatic N) is 2. The molecule has 0 aliphatic heterocycles. The van der Waals surface area contributed by atoms with Gasteiger partial charge in [0.05, 0.1) is 5.69 Å². The molecule has 0 atom stereocenters. The number of hydrogen-bond donors (Lipinski definition) is 1. The quantitative estimate of drug-likeness (QED) is 0.700. The Labute approximate surface area is 85.8 Å². The molecular weight excluding hydrogens is 174 g/mol. The predicted molar refractivity (Wildman–Crippen MR) is 59.0 cm³/mol. The third-order valence-corrected chi connectivity index (χ3v) is 1.97. The first-order valence-electron chi connectivity index (χ1n) is 5.09. The normalized spacial score (nSPS) is 10.4. The number of nitrogens with one attached hydrogen (secondary N) is 1. The van der Waals surface area contributed by atoms with Crippen LogP contribution in [0, 0.1) is 0 Å². The summed E-state index contributed by atoms with van der Waals surface area (Å²) < 4.78 is 2.05. The van der Waals surface area contributed by atoms with Crippen LogP contribution in [-0.2, 0) is 13.1 Å². The third kappa shape index (κ3) is 3.34. The molecule has 0 bridgehead atoms. The van der Waals surface area contributed by atoms with Crippen molar-refractivity contribution in [3.05, 3.63) is 30.1 Å². The maximum absolute atomic E-state index is 4.26. The summed E-state index contributed by atoms with van der Waals surface area (Å²) >= 11 is 0. The first-order chi connectivity index (χ1) is 6.74. The molecule has 3 heteroatoms. The van der Waals surface area contributed by atoms with E-state index in [0.29, 0.717) is 0 Å². The minimum absolute atomic E-state index is 0.868. The number of aromatic nitrogens is 2. The lowest BCUT2D eigenvalue weighted by molar-refractivity contribution is 0.556. The van der Waals surface area contributed by atoms with Crippen LogP contribution in [0.3, 0.4) is 0 Å². The number of aryl methyl sites for hydroxylation is 1. The fourth-order valence-electron chi connectivity index (χ4n) is 1.33. The second-order valence-electron chi connectivity index (χ2n) is 3.61. The fraction of sp³-hybridized carbons (Fsp3) is 0.545. The van der Waals surface area contributed by atoms with Gasteiger partial charge in [0.25, 0.3) is 0 Å². The minimum atomic E-state index is 0.868. The molecule has 0 saturated heterocycles. The van der Waals surface area contributed by atoms with Gasteiger partial charge in [0.15, 0.2) is 0 Å². The summed E-state index contributed by atoms with van der Waals surface area (Å²) in [5, 5.41) is 7.58. The molecule has 0 aliphatic rings. The average molecular weight is 193 g/mol. The van der Waals surface area contributed by atoms with Gasteiger partial charge in [-0.3, -0.25) is 4.68 Å². The third-order valence-electron chi connectivity index (χ3n) is 1.97. The molecule has 0 saturated carbocycles. The van der Waals surface area contributed by atoms with Crippen LogP contribution >= 0.6 is 0 Å². The Morgan fingerprint density at radius 2 is 2.43 bits per heavy atom. The van der Waals surface area contributed by atoms with Crippen molar-refractivity contribution < 1.29 is 0 Å². The summed E-state index contributed by atoms with van der Waals surface area (Å²) in [4.78, 5) is 0. The number of hydrogen-bond acceptors (Lipinski definition) is 2. The molecular formula is C11H19N3. The molecule has 0 aliphatic carbocycles. The van der Waals surface area contributed by atoms with Crippen molar-refractivity contribution in [3.8, 4) is 0 Å². The monoisotopic (exact) mass is 193 g/mol. The average Bonchev–Trinajstić information content (AvgIpc) is 2.53. The number of rotatable bonds is 6. The van der Waals surface area contributed by atoms with Gasteiger partial charge in [0.1, 0.15) is 0 Å². The van der Waals surface area contributed by atoms with Crippen LogP contribution in [0.15, 0.2) is 24.4 Å². The van der Waals surface area contributed by atoms with E-state index in [2.05, 4.69) is 30.0 Å². The summed E-state index contributed by atoms with van der Waals surface area (Å²) in [6, 6.07) is 2.06. The topological polar surface area (TPSA) is 29.9 Å². The summed E-state index contributed by atoms with van der Waals surface area (Å²) in [7, 11) is 0. The molecule has 1 aromatic heterocycles. The summed E-state index contributed by atoms with van der Waals surface area (Å²) in [6.07, 6.45) is 2.97. The molecule has 78 valence electrons. The molecule has 0 spiro atoms. The van der Waals surface area contributed by atoms with Crippen molar-refractivity contribution in [3.63, 3.8) is 0 Å². The van der Waals surface area contributed by atoms with Gasteiger partial charge in [-0.1, -0.05) is 19.1 Å². The SMILES string of the molecule is C=C(C)CNCc1ccnn1CCC. The van der Waals surface area contributed by atoms with E-state index in [0.717, 1.165) is 31.6 Å². The van der Waals surface area contributed by atoms with Gasteiger partial charge in [-0.2, -0.15) is 5.10 Å². The van der Waals surface area contributed by atoms with E-state index in [-0.39, 0.29) is 0 Å². The molecule has 1 rings (SSSR count). The van der Waals surface area contributed by atoms with Crippen LogP contribution in [0.5, 0.6) is 0 Å². The Morgan fingerprint density at radius 3 is 3.07 bits per heavy atom. The Bertz CT molecular complexity index is 288. The maximum Gasteiger partial charge on any atom is 0.0522 e. The molecule has 0 aromatic carbocycles. The van der Waals surface area contributed by atoms with Crippen molar-refractivity contribution in [1.29, 1.82) is 0 Å². The highest BCUT2D eigenvalue weighted by Gasteiger charge is 1.99. The van der Waals surface area contributed by atoms with Gasteiger partial charge in [-0.15, -0.1) is 0 Å². The van der Waals surface area contributed by atoms with E-state index in [1.54, 1.807) is 0 Å². The van der Waals surface area contributed by atoms with Crippen molar-refractivity contribution in [2.45, 2.75) is 33.4 Å². The van der Waals surface area contributed by atoms with Crippen LogP contribution in [0.25, 0.3) is 0 Å². The van der Waals surface area contributed by atoms with Gasteiger partial charge >= 0.3 is 0 Å². The molecule has 3 nitrogen and oxygen atoms in total. The standard InChI is InChI=1S/C11H19N3/c1-4-7-14-11(5-6-13-14)9-12-8-10(2)3/h5-6,12H,2,4,7-9H2,1,3H3. The van der Waals surface area contributed by atoms with E-state index in [9.17, 15) is 0 Å². The molecule has 0 radical (unpaired) electrons. The van der Waals surface area contributed by atoms with Gasteiger partial charge in [-0.25, -0.2) is 0 Å². The van der Waals surface area contributed by atoms with Crippen molar-refractivity contribution >= 4 is 0 Å². The van der Waals surface area contributed by atoms with Crippen LogP contribution in [0.2, 0.25) is 0 Å². The Balaban J connectivity index is 2.41. The van der Waals surface area contributed by atoms with Gasteiger partial charge < -0.3 is 5.32 Å². The summed E-state index contributed by atoms with van der Waals surface area (Å²) in [5.74, 6) is 0. The van der Waals surface area contributed by atoms with E-state index in [1.165, 1.54) is 5.69 Å². The van der Waals surface area contributed by atoms with Gasteiger partial charge in [0.2, 0.25) is 0 Å². The molecule has 0 amide bonds. The highest BCUT2D eigenvalue weighted by Crippen LogP contribution is 1.99. The largest absolute Gasteiger partial charge is 0.307 e. The lowest BCUT2D eigenvalue weighted by Crippen LogP contribution is -2.18. The maximum atomic E-state index is 4.26. The lowest BCUT2D eigenvalue weighted by atomic mass is 10.3. The summed E-state index contributed by atoms with van der Waals surface area (Å²) in [5.41, 5.74) is 2.40. The first kappa shape index (κ1) is 11.0. The Kier molecular flexibility index (Phi) is 4.40. The Hall–Kier alpha value is -1.09. The smallest absolute Gasteiger partial charge is 0.0522 e. The van der Waals surface area contributed by atoms with E-state index >= 15 is 0 Å². The molecule has 14 heavy (non-hydrogen) atoms. The van der Waals surface area contributed by atoms with Gasteiger partial charge in [0, 0.05) is 25.8 Å². The lowest BCUT2D eigenvalue weighted by Gasteiger charge is -2.07. The molecule has 0 fully saturated rings. The van der Waals surface area contributed by atoms with Crippen LogP contribution in [0.1, 0.15) is 26.0 Å². The fourth-order valence-corrected chi connectivity index (χ4v) is 1.33. The Morgan fingerprint density at radius 1 is 1.64 bits per heavy atom. The summed E-state index contributed by atoms with van der Waals surface area (Å²) in [6.45, 7) is 10.8. The van der Waals surface area contributed by atoms with Crippen LogP contribution < -0.4 is 5.32 Å². The minimum Gasteiger partial charge on any atom is -0.307 e. The molecule has 1 heterocycles. The zero-order valence-electron chi connectivity index (χ0n) is 9.08. The molecule has 0 unspecified atom stereocenters. The van der Waals surface area contributed by atoms with E-state index in [1.807, 2.05) is 17.8 Å². The zero-order chi connectivity index (χ0) is 10.4. The van der Waals surface area contributed by atoms with Crippen molar-refractivity contribution in [2.24, 2.45) is 0 Å². The molecule has 1 aromatic rings. The van der Waals surface area contributed by atoms with E-state index in [4.69, 9.17) is 0 Å². The van der Waals surface area contributed by atoms with Gasteiger partial charge in [-0.05, 0) is 19.4 Å². The zero-order valence-corrected chi connectivity index (χ0v) is 9.08. The highest BCUT2D eigenvalue weighted by molar-refractivity contribution is 5.01. The van der Waals surface area contributed by atoms with Crippen LogP contribution in [-0.4, -0.2) is 16.3 Å². The first-order valence-corrected chi connectivity index (χ1v) is 5.09. The molecule has 1 N–H and O–H groups in total. The van der Waals surface area contributed by atoms with Crippen molar-refractivity contribution in [2.75, 3.05) is 6.54 Å².